The third-order valence-corrected chi connectivity index (χ3v) is 5.34. The Labute approximate surface area is 179 Å². The summed E-state index contributed by atoms with van der Waals surface area (Å²) in [5.41, 5.74) is 1.55. The van der Waals surface area contributed by atoms with Gasteiger partial charge in [0.1, 0.15) is 17.3 Å². The van der Waals surface area contributed by atoms with Crippen LogP contribution in [0.3, 0.4) is 0 Å². The highest BCUT2D eigenvalue weighted by Crippen LogP contribution is 2.44. The van der Waals surface area contributed by atoms with Crippen LogP contribution >= 0.6 is 0 Å². The van der Waals surface area contributed by atoms with Gasteiger partial charge in [0, 0.05) is 16.8 Å². The molecule has 1 amide bonds. The second-order valence-electron chi connectivity index (χ2n) is 7.21. The van der Waals surface area contributed by atoms with Crippen molar-refractivity contribution >= 4 is 23.1 Å². The van der Waals surface area contributed by atoms with Gasteiger partial charge in [0.2, 0.25) is 0 Å². The van der Waals surface area contributed by atoms with Crippen LogP contribution in [0.1, 0.15) is 22.7 Å². The maximum Gasteiger partial charge on any atom is 0.300 e. The fraction of sp³-hybridized carbons (Fsp3) is 0.120. The van der Waals surface area contributed by atoms with Crippen LogP contribution in [-0.2, 0) is 9.59 Å². The minimum absolute atomic E-state index is 0.0793. The predicted octanol–water partition coefficient (Wildman–Crippen LogP) is 4.77. The van der Waals surface area contributed by atoms with E-state index in [1.165, 1.54) is 30.2 Å². The minimum Gasteiger partial charge on any atom is -0.507 e. The van der Waals surface area contributed by atoms with Crippen LogP contribution < -0.4 is 9.64 Å². The summed E-state index contributed by atoms with van der Waals surface area (Å²) in [6.45, 7) is 1.56. The van der Waals surface area contributed by atoms with E-state index in [0.717, 1.165) is 0 Å². The zero-order valence-corrected chi connectivity index (χ0v) is 17.0. The summed E-state index contributed by atoms with van der Waals surface area (Å²) in [4.78, 5) is 27.6. The molecular weight excluding hydrogens is 397 g/mol. The molecule has 1 aliphatic rings. The molecule has 0 radical (unpaired) electrons. The Balaban J connectivity index is 1.99. The fourth-order valence-corrected chi connectivity index (χ4v) is 3.82. The smallest absolute Gasteiger partial charge is 0.300 e. The third kappa shape index (κ3) is 3.46. The highest BCUT2D eigenvalue weighted by molar-refractivity contribution is 6.51. The van der Waals surface area contributed by atoms with Crippen LogP contribution in [-0.4, -0.2) is 23.9 Å². The number of aryl methyl sites for hydroxylation is 1. The van der Waals surface area contributed by atoms with E-state index in [2.05, 4.69) is 0 Å². The molecule has 0 aliphatic carbocycles. The Morgan fingerprint density at radius 3 is 2.35 bits per heavy atom. The molecule has 1 atom stereocenters. The molecule has 156 valence electrons. The van der Waals surface area contributed by atoms with Crippen LogP contribution in [0.15, 0.2) is 78.4 Å². The number of ketones is 1. The van der Waals surface area contributed by atoms with Gasteiger partial charge in [0.25, 0.3) is 11.7 Å². The van der Waals surface area contributed by atoms with Gasteiger partial charge in [-0.1, -0.05) is 36.4 Å². The number of aliphatic hydroxyl groups is 1. The number of halogens is 1. The number of para-hydroxylation sites is 2. The number of hydrogen-bond donors (Lipinski definition) is 1. The van der Waals surface area contributed by atoms with Gasteiger partial charge in [-0.05, 0) is 48.9 Å². The van der Waals surface area contributed by atoms with Gasteiger partial charge < -0.3 is 9.84 Å². The first-order valence-electron chi connectivity index (χ1n) is 9.69. The van der Waals surface area contributed by atoms with Gasteiger partial charge in [-0.3, -0.25) is 14.5 Å². The molecule has 6 heteroatoms. The van der Waals surface area contributed by atoms with E-state index in [1.807, 2.05) is 0 Å². The lowest BCUT2D eigenvalue weighted by Crippen LogP contribution is -2.29. The van der Waals surface area contributed by atoms with E-state index < -0.39 is 23.5 Å². The minimum atomic E-state index is -0.913. The zero-order chi connectivity index (χ0) is 22.1. The van der Waals surface area contributed by atoms with Crippen LogP contribution in [0.2, 0.25) is 0 Å². The van der Waals surface area contributed by atoms with Crippen molar-refractivity contribution in [3.63, 3.8) is 0 Å². The molecule has 1 heterocycles. The van der Waals surface area contributed by atoms with Crippen molar-refractivity contribution in [1.82, 2.24) is 0 Å². The summed E-state index contributed by atoms with van der Waals surface area (Å²) in [5.74, 6) is -1.91. The zero-order valence-electron chi connectivity index (χ0n) is 17.0. The number of nitrogens with zero attached hydrogens (tertiary/aromatic N) is 1. The molecule has 1 saturated heterocycles. The van der Waals surface area contributed by atoms with Gasteiger partial charge in [-0.15, -0.1) is 0 Å². The van der Waals surface area contributed by atoms with Crippen LogP contribution in [0.5, 0.6) is 5.75 Å². The first-order chi connectivity index (χ1) is 14.9. The van der Waals surface area contributed by atoms with Gasteiger partial charge in [0.15, 0.2) is 0 Å². The molecule has 4 rings (SSSR count). The predicted molar refractivity (Wildman–Crippen MR) is 115 cm³/mol. The standard InChI is InChI=1S/C25H20FNO4/c1-15-14-16(12-13-19(15)26)23(28)21-22(18-10-6-7-11-20(18)31-2)27(25(30)24(21)29)17-8-4-3-5-9-17/h3-14,22,28H,1-2H3/b23-21+. The molecule has 3 aromatic rings. The fourth-order valence-electron chi connectivity index (χ4n) is 3.82. The lowest BCUT2D eigenvalue weighted by Gasteiger charge is -2.26. The highest BCUT2D eigenvalue weighted by Gasteiger charge is 2.47. The number of Topliss-reactive ketones (excluding diaryl/α,β-unsaturated/α-hetero) is 1. The topological polar surface area (TPSA) is 66.8 Å². The molecule has 1 fully saturated rings. The van der Waals surface area contributed by atoms with Gasteiger partial charge in [-0.2, -0.15) is 0 Å². The summed E-state index contributed by atoms with van der Waals surface area (Å²) in [5, 5.41) is 11.1. The summed E-state index contributed by atoms with van der Waals surface area (Å²) in [7, 11) is 1.50. The number of rotatable bonds is 4. The van der Waals surface area contributed by atoms with Crippen molar-refractivity contribution in [2.75, 3.05) is 12.0 Å². The summed E-state index contributed by atoms with van der Waals surface area (Å²) in [6, 6.07) is 18.9. The SMILES string of the molecule is COc1ccccc1C1/C(=C(\O)c2ccc(F)c(C)c2)C(=O)C(=O)N1c1ccccc1. The Bertz CT molecular complexity index is 1200. The molecule has 31 heavy (non-hydrogen) atoms. The van der Waals surface area contributed by atoms with E-state index in [9.17, 15) is 19.1 Å². The number of carbonyl (C=O) groups excluding carboxylic acids is 2. The molecule has 3 aromatic carbocycles. The largest absolute Gasteiger partial charge is 0.507 e. The summed E-state index contributed by atoms with van der Waals surface area (Å²) < 4.78 is 19.2. The Morgan fingerprint density at radius 1 is 1.00 bits per heavy atom. The van der Waals surface area contributed by atoms with Gasteiger partial charge >= 0.3 is 0 Å². The lowest BCUT2D eigenvalue weighted by molar-refractivity contribution is -0.132. The van der Waals surface area contributed by atoms with Crippen LogP contribution in [0.25, 0.3) is 5.76 Å². The van der Waals surface area contributed by atoms with E-state index in [1.54, 1.807) is 61.5 Å². The Hall–Kier alpha value is -3.93. The van der Waals surface area contributed by atoms with Crippen molar-refractivity contribution < 1.29 is 23.8 Å². The Kier molecular flexibility index (Phi) is 5.29. The molecule has 0 aromatic heterocycles. The number of benzene rings is 3. The molecule has 0 bridgehead atoms. The van der Waals surface area contributed by atoms with Crippen molar-refractivity contribution in [3.05, 3.63) is 101 Å². The number of anilines is 1. The van der Waals surface area contributed by atoms with Crippen molar-refractivity contribution in [2.24, 2.45) is 0 Å². The molecule has 1 N–H and O–H groups in total. The molecule has 1 aliphatic heterocycles. The maximum absolute atomic E-state index is 13.8. The van der Waals surface area contributed by atoms with E-state index in [-0.39, 0.29) is 16.9 Å². The third-order valence-electron chi connectivity index (χ3n) is 5.34. The van der Waals surface area contributed by atoms with Crippen molar-refractivity contribution in [1.29, 1.82) is 0 Å². The number of amides is 1. The maximum atomic E-state index is 13.8. The number of methoxy groups -OCH3 is 1. The first-order valence-corrected chi connectivity index (χ1v) is 9.69. The van der Waals surface area contributed by atoms with E-state index >= 15 is 0 Å². The number of carbonyl (C=O) groups is 2. The second kappa shape index (κ2) is 8.07. The monoisotopic (exact) mass is 417 g/mol. The molecule has 5 nitrogen and oxygen atoms in total. The lowest BCUT2D eigenvalue weighted by atomic mass is 9.94. The quantitative estimate of drug-likeness (QED) is 0.377. The number of aliphatic hydroxyl groups excluding tert-OH is 1. The van der Waals surface area contributed by atoms with E-state index in [0.29, 0.717) is 22.6 Å². The average Bonchev–Trinajstić information content (AvgIpc) is 3.06. The number of ether oxygens (including phenoxy) is 1. The summed E-state index contributed by atoms with van der Waals surface area (Å²) in [6.07, 6.45) is 0. The van der Waals surface area contributed by atoms with Crippen LogP contribution in [0, 0.1) is 12.7 Å². The summed E-state index contributed by atoms with van der Waals surface area (Å²) >= 11 is 0. The number of hydrogen-bond acceptors (Lipinski definition) is 4. The normalized spacial score (nSPS) is 17.8. The molecular formula is C25H20FNO4. The average molecular weight is 417 g/mol. The van der Waals surface area contributed by atoms with Crippen molar-refractivity contribution in [2.45, 2.75) is 13.0 Å². The van der Waals surface area contributed by atoms with Gasteiger partial charge in [-0.25, -0.2) is 4.39 Å². The highest BCUT2D eigenvalue weighted by atomic mass is 19.1. The second-order valence-corrected chi connectivity index (χ2v) is 7.21. The molecule has 0 spiro atoms. The first kappa shape index (κ1) is 20.3. The molecule has 0 saturated carbocycles. The van der Waals surface area contributed by atoms with Crippen molar-refractivity contribution in [3.8, 4) is 5.75 Å². The van der Waals surface area contributed by atoms with E-state index in [4.69, 9.17) is 4.74 Å². The van der Waals surface area contributed by atoms with Gasteiger partial charge in [0.05, 0.1) is 18.7 Å². The van der Waals surface area contributed by atoms with Crippen LogP contribution in [0.4, 0.5) is 10.1 Å². The molecule has 1 unspecified atom stereocenters. The Morgan fingerprint density at radius 2 is 1.68 bits per heavy atom.